The molecule has 3 heteroatoms. The molecule has 150 valence electrons. The van der Waals surface area contributed by atoms with Crippen LogP contribution >= 0.6 is 0 Å². The van der Waals surface area contributed by atoms with Gasteiger partial charge < -0.3 is 10.2 Å². The molecule has 0 unspecified atom stereocenters. The van der Waals surface area contributed by atoms with Crippen LogP contribution in [0, 0.1) is 11.8 Å². The molecular weight excluding hydrogens is 336 g/mol. The molecule has 0 spiro atoms. The quantitative estimate of drug-likeness (QED) is 0.416. The second-order valence-electron chi connectivity index (χ2n) is 8.27. The third kappa shape index (κ3) is 7.23. The van der Waals surface area contributed by atoms with Gasteiger partial charge in [0.05, 0.1) is 11.7 Å². The Kier molecular flexibility index (Phi) is 8.72. The van der Waals surface area contributed by atoms with Crippen molar-refractivity contribution >= 4 is 5.78 Å². The fourth-order valence-electron chi connectivity index (χ4n) is 3.88. The lowest BCUT2D eigenvalue weighted by molar-refractivity contribution is -0.121. The minimum Gasteiger partial charge on any atom is -0.392 e. The van der Waals surface area contributed by atoms with Gasteiger partial charge in [-0.15, -0.1) is 0 Å². The molecule has 3 nitrogen and oxygen atoms in total. The van der Waals surface area contributed by atoms with Gasteiger partial charge in [-0.05, 0) is 45.4 Å². The second-order valence-corrected chi connectivity index (χ2v) is 8.27. The van der Waals surface area contributed by atoms with Crippen molar-refractivity contribution in [1.82, 2.24) is 0 Å². The van der Waals surface area contributed by atoms with Gasteiger partial charge in [0, 0.05) is 18.3 Å². The van der Waals surface area contributed by atoms with E-state index in [0.29, 0.717) is 12.8 Å². The number of unbranched alkanes of at least 4 members (excludes halogenated alkanes) is 2. The summed E-state index contributed by atoms with van der Waals surface area (Å²) in [5.41, 5.74) is 0.384. The topological polar surface area (TPSA) is 57.5 Å². The average Bonchev–Trinajstić information content (AvgIpc) is 3.22. The number of hydrogen-bond acceptors (Lipinski definition) is 3. The number of ketones is 1. The van der Waals surface area contributed by atoms with Crippen molar-refractivity contribution in [3.63, 3.8) is 0 Å². The van der Waals surface area contributed by atoms with E-state index in [2.05, 4.69) is 25.2 Å². The maximum Gasteiger partial charge on any atom is 0.139 e. The van der Waals surface area contributed by atoms with Crippen molar-refractivity contribution in [2.24, 2.45) is 11.8 Å². The molecule has 0 aromatic carbocycles. The number of carbonyl (C=O) groups is 1. The van der Waals surface area contributed by atoms with Crippen molar-refractivity contribution in [2.75, 3.05) is 0 Å². The molecule has 2 aliphatic carbocycles. The molecule has 2 rings (SSSR count). The molecule has 1 saturated carbocycles. The zero-order valence-electron chi connectivity index (χ0n) is 16.9. The Morgan fingerprint density at radius 1 is 1.30 bits per heavy atom. The first-order valence-corrected chi connectivity index (χ1v) is 10.6. The van der Waals surface area contributed by atoms with Gasteiger partial charge in [-0.25, -0.2) is 0 Å². The number of carbonyl (C=O) groups excluding carboxylic acids is 1. The molecule has 2 aliphatic rings. The summed E-state index contributed by atoms with van der Waals surface area (Å²) < 4.78 is 0. The summed E-state index contributed by atoms with van der Waals surface area (Å²) in [5, 5.41) is 20.8. The van der Waals surface area contributed by atoms with E-state index in [1.54, 1.807) is 6.92 Å². The monoisotopic (exact) mass is 372 g/mol. The summed E-state index contributed by atoms with van der Waals surface area (Å²) in [7, 11) is 0. The summed E-state index contributed by atoms with van der Waals surface area (Å²) in [4.78, 5) is 12.2. The lowest BCUT2D eigenvalue weighted by atomic mass is 9.89. The van der Waals surface area contributed by atoms with Gasteiger partial charge in [-0.3, -0.25) is 4.79 Å². The summed E-state index contributed by atoms with van der Waals surface area (Å²) in [6, 6.07) is 0. The zero-order chi connectivity index (χ0) is 19.7. The number of rotatable bonds is 10. The molecule has 4 atom stereocenters. The maximum atomic E-state index is 12.2. The molecule has 0 aromatic heterocycles. The Labute approximate surface area is 164 Å². The minimum absolute atomic E-state index is 0.140. The number of hydrogen-bond donors (Lipinski definition) is 2. The van der Waals surface area contributed by atoms with Crippen LogP contribution in [0.2, 0.25) is 0 Å². The van der Waals surface area contributed by atoms with Gasteiger partial charge in [-0.2, -0.15) is 0 Å². The highest BCUT2D eigenvalue weighted by Gasteiger charge is 2.39. The third-order valence-electron chi connectivity index (χ3n) is 5.64. The average molecular weight is 373 g/mol. The SMILES string of the molecule is CCCC/C=C\C[C@H]1C(=O)C[C@@H](O)[C@@H]1/C=C/C[C@](C)(O)/C=C/C1=CCCC1. The molecule has 2 N–H and O–H groups in total. The van der Waals surface area contributed by atoms with E-state index in [1.165, 1.54) is 24.8 Å². The number of allylic oxidation sites excluding steroid dienone is 5. The highest BCUT2D eigenvalue weighted by Crippen LogP contribution is 2.33. The molecular formula is C24H36O3. The summed E-state index contributed by atoms with van der Waals surface area (Å²) in [5.74, 6) is -0.138. The minimum atomic E-state index is -0.914. The Morgan fingerprint density at radius 3 is 2.81 bits per heavy atom. The first-order chi connectivity index (χ1) is 12.9. The van der Waals surface area contributed by atoms with Crippen LogP contribution in [-0.2, 0) is 4.79 Å². The van der Waals surface area contributed by atoms with E-state index in [4.69, 9.17) is 0 Å². The van der Waals surface area contributed by atoms with Gasteiger partial charge in [0.1, 0.15) is 5.78 Å². The van der Waals surface area contributed by atoms with E-state index in [-0.39, 0.29) is 24.0 Å². The second kappa shape index (κ2) is 10.8. The van der Waals surface area contributed by atoms with E-state index in [9.17, 15) is 15.0 Å². The van der Waals surface area contributed by atoms with Gasteiger partial charge in [0.25, 0.3) is 0 Å². The fraction of sp³-hybridized carbons (Fsp3) is 0.625. The van der Waals surface area contributed by atoms with Crippen molar-refractivity contribution < 1.29 is 15.0 Å². The highest BCUT2D eigenvalue weighted by atomic mass is 16.3. The molecule has 0 radical (unpaired) electrons. The highest BCUT2D eigenvalue weighted by molar-refractivity contribution is 5.84. The molecule has 0 heterocycles. The summed E-state index contributed by atoms with van der Waals surface area (Å²) in [6.45, 7) is 3.97. The predicted molar refractivity (Wildman–Crippen MR) is 111 cm³/mol. The van der Waals surface area contributed by atoms with Crippen LogP contribution in [0.5, 0.6) is 0 Å². The van der Waals surface area contributed by atoms with Crippen LogP contribution in [0.15, 0.2) is 48.1 Å². The van der Waals surface area contributed by atoms with Crippen LogP contribution in [-0.4, -0.2) is 27.7 Å². The summed E-state index contributed by atoms with van der Waals surface area (Å²) >= 11 is 0. The molecule has 0 saturated heterocycles. The predicted octanol–water partition coefficient (Wildman–Crippen LogP) is 5.05. The largest absolute Gasteiger partial charge is 0.392 e. The first kappa shape index (κ1) is 21.8. The summed E-state index contributed by atoms with van der Waals surface area (Å²) in [6.07, 6.45) is 21.8. The number of Topliss-reactive ketones (excluding diaryl/α,β-unsaturated/α-hetero) is 1. The lowest BCUT2D eigenvalue weighted by Crippen LogP contribution is -2.21. The van der Waals surface area contributed by atoms with Gasteiger partial charge in [0.15, 0.2) is 0 Å². The van der Waals surface area contributed by atoms with Crippen LogP contribution in [0.1, 0.15) is 71.6 Å². The van der Waals surface area contributed by atoms with E-state index < -0.39 is 11.7 Å². The van der Waals surface area contributed by atoms with Crippen LogP contribution in [0.4, 0.5) is 0 Å². The number of aliphatic hydroxyl groups excluding tert-OH is 1. The van der Waals surface area contributed by atoms with Gasteiger partial charge in [-0.1, -0.05) is 67.9 Å². The maximum absolute atomic E-state index is 12.2. The van der Waals surface area contributed by atoms with Gasteiger partial charge >= 0.3 is 0 Å². The Balaban J connectivity index is 1.89. The lowest BCUT2D eigenvalue weighted by Gasteiger charge is -2.19. The van der Waals surface area contributed by atoms with Crippen molar-refractivity contribution in [3.05, 3.63) is 48.1 Å². The standard InChI is InChI=1S/C24H36O3/c1-3-4-5-6-7-13-20-21(23(26)18-22(20)25)14-10-16-24(2,27)17-15-19-11-8-9-12-19/h6-7,10-11,14-15,17,20-21,23,26-27H,3-5,8-9,12-13,16,18H2,1-2H3/b7-6-,14-10+,17-15+/t20-,21-,23-,24+/m1/s1. The van der Waals surface area contributed by atoms with Gasteiger partial charge in [0.2, 0.25) is 0 Å². The molecule has 27 heavy (non-hydrogen) atoms. The van der Waals surface area contributed by atoms with Crippen LogP contribution in [0.25, 0.3) is 0 Å². The van der Waals surface area contributed by atoms with E-state index in [1.807, 2.05) is 24.3 Å². The fourth-order valence-corrected chi connectivity index (χ4v) is 3.88. The zero-order valence-corrected chi connectivity index (χ0v) is 16.9. The smallest absolute Gasteiger partial charge is 0.139 e. The van der Waals surface area contributed by atoms with Crippen molar-refractivity contribution in [1.29, 1.82) is 0 Å². The normalized spacial score (nSPS) is 28.7. The molecule has 0 bridgehead atoms. The first-order valence-electron chi connectivity index (χ1n) is 10.6. The Morgan fingerprint density at radius 2 is 2.11 bits per heavy atom. The Hall–Kier alpha value is -1.45. The number of aliphatic hydroxyl groups is 2. The van der Waals surface area contributed by atoms with Crippen LogP contribution < -0.4 is 0 Å². The van der Waals surface area contributed by atoms with Crippen molar-refractivity contribution in [2.45, 2.75) is 83.3 Å². The molecule has 1 fully saturated rings. The Bertz CT molecular complexity index is 595. The van der Waals surface area contributed by atoms with E-state index in [0.717, 1.165) is 19.3 Å². The van der Waals surface area contributed by atoms with E-state index >= 15 is 0 Å². The molecule has 0 aliphatic heterocycles. The van der Waals surface area contributed by atoms with Crippen molar-refractivity contribution in [3.8, 4) is 0 Å². The molecule has 0 aromatic rings. The van der Waals surface area contributed by atoms with Crippen LogP contribution in [0.3, 0.4) is 0 Å². The third-order valence-corrected chi connectivity index (χ3v) is 5.64. The molecule has 0 amide bonds.